The van der Waals surface area contributed by atoms with E-state index in [1.54, 1.807) is 11.8 Å². The van der Waals surface area contributed by atoms with Crippen LogP contribution in [-0.2, 0) is 40.6 Å². The Morgan fingerprint density at radius 1 is 1.07 bits per heavy atom. The van der Waals surface area contributed by atoms with E-state index in [0.717, 1.165) is 71.9 Å². The number of carbonyl (C=O) groups excluding carboxylic acids is 1. The van der Waals surface area contributed by atoms with Gasteiger partial charge in [-0.05, 0) is 67.3 Å². The number of ether oxygens (including phenoxy) is 2. The molecule has 2 atom stereocenters. The Labute approximate surface area is 253 Å². The number of aryl methyl sites for hydroxylation is 1. The van der Waals surface area contributed by atoms with Gasteiger partial charge in [0.1, 0.15) is 19.2 Å². The maximum Gasteiger partial charge on any atom is 0.223 e. The van der Waals surface area contributed by atoms with Gasteiger partial charge >= 0.3 is 0 Å². The lowest BCUT2D eigenvalue weighted by molar-refractivity contribution is -0.116. The molecule has 2 aliphatic rings. The minimum Gasteiger partial charge on any atom is -0.361 e. The zero-order valence-electron chi connectivity index (χ0n) is 27.6. The van der Waals surface area contributed by atoms with Gasteiger partial charge in [0.15, 0.2) is 5.82 Å². The third-order valence-corrected chi connectivity index (χ3v) is 12.7. The van der Waals surface area contributed by atoms with Gasteiger partial charge in [-0.25, -0.2) is 9.67 Å². The second kappa shape index (κ2) is 11.3. The number of fused-ring (bicyclic) bond motifs is 3. The smallest absolute Gasteiger partial charge is 0.223 e. The van der Waals surface area contributed by atoms with E-state index in [-0.39, 0.29) is 5.91 Å². The van der Waals surface area contributed by atoms with Crippen molar-refractivity contribution in [3.63, 3.8) is 0 Å². The Morgan fingerprint density at radius 3 is 2.33 bits per heavy atom. The maximum absolute atomic E-state index is 12.2. The Hall–Kier alpha value is -2.28. The number of carbonyl (C=O) groups is 1. The number of hydrogen-bond donors (Lipinski definition) is 0. The zero-order chi connectivity index (χ0) is 30.6. The molecule has 3 aromatic rings. The maximum atomic E-state index is 12.2. The Morgan fingerprint density at radius 2 is 1.71 bits per heavy atom. The summed E-state index contributed by atoms with van der Waals surface area (Å²) in [7, 11) is -0.570. The summed E-state index contributed by atoms with van der Waals surface area (Å²) in [6.07, 6.45) is 3.35. The van der Waals surface area contributed by atoms with E-state index >= 15 is 0 Å². The van der Waals surface area contributed by atoms with Crippen molar-refractivity contribution in [1.82, 2.24) is 19.3 Å². The minimum atomic E-state index is -1.22. The van der Waals surface area contributed by atoms with E-state index in [9.17, 15) is 4.79 Å². The van der Waals surface area contributed by atoms with Gasteiger partial charge in [0.2, 0.25) is 5.91 Å². The van der Waals surface area contributed by atoms with Crippen molar-refractivity contribution in [2.24, 2.45) is 11.3 Å². The number of nitrogens with zero attached hydrogens (tertiary/aromatic N) is 5. The van der Waals surface area contributed by atoms with E-state index in [0.29, 0.717) is 24.8 Å². The van der Waals surface area contributed by atoms with Crippen molar-refractivity contribution in [2.75, 3.05) is 25.2 Å². The Balaban J connectivity index is 1.56. The highest BCUT2D eigenvalue weighted by atomic mass is 28.3. The fraction of sp³-hybridized carbons (Fsp3) is 0.656. The lowest BCUT2D eigenvalue weighted by Crippen LogP contribution is -2.23. The monoisotopic (exact) mass is 609 g/mol. The van der Waals surface area contributed by atoms with E-state index in [2.05, 4.69) is 68.4 Å². The molecule has 1 saturated carbocycles. The van der Waals surface area contributed by atoms with Crippen LogP contribution in [0.4, 0.5) is 5.69 Å². The predicted octanol–water partition coefficient (Wildman–Crippen LogP) is 6.94. The molecular formula is C32H51N5O3Si2. The number of imidazole rings is 1. The molecule has 1 amide bonds. The Kier molecular flexibility index (Phi) is 8.41. The molecule has 230 valence electrons. The first-order valence-electron chi connectivity index (χ1n) is 15.6. The first-order valence-corrected chi connectivity index (χ1v) is 23.0. The molecule has 0 unspecified atom stereocenters. The predicted molar refractivity (Wildman–Crippen MR) is 177 cm³/mol. The molecule has 0 saturated heterocycles. The fourth-order valence-electron chi connectivity index (χ4n) is 6.07. The summed E-state index contributed by atoms with van der Waals surface area (Å²) < 4.78 is 16.9. The summed E-state index contributed by atoms with van der Waals surface area (Å²) in [5.74, 6) is 1.56. The highest BCUT2D eigenvalue weighted by Gasteiger charge is 2.54. The van der Waals surface area contributed by atoms with Gasteiger partial charge in [-0.3, -0.25) is 9.36 Å². The van der Waals surface area contributed by atoms with Crippen molar-refractivity contribution >= 4 is 38.8 Å². The SMILES string of the molecule is CC(=O)N(C)c1cc2nc(-c3nn(COCC[Si](C)(C)C)c4c3C[C@@H]3C[C@]3(C)C4)n(COCC[Si](C)(C)C)c2cc1C. The average Bonchev–Trinajstić information content (AvgIpc) is 3.25. The van der Waals surface area contributed by atoms with Crippen LogP contribution in [-0.4, -0.2) is 61.6 Å². The van der Waals surface area contributed by atoms with Crippen LogP contribution in [0.5, 0.6) is 0 Å². The van der Waals surface area contributed by atoms with Gasteiger partial charge in [0.25, 0.3) is 0 Å². The lowest BCUT2D eigenvalue weighted by Gasteiger charge is -2.21. The standard InChI is InChI=1S/C32H51N5O3Si2/c1-22-15-28-26(17-27(22)35(4)23(2)38)33-31(36(28)20-39-11-13-41(5,6)7)30-25-16-24-18-32(24,3)19-29(25)37(34-30)21-40-12-14-42(8,9)10/h15,17,24H,11-14,16,18-21H2,1-10H3/t24-,32-/m1/s1. The van der Waals surface area contributed by atoms with Crippen LogP contribution in [0, 0.1) is 18.3 Å². The molecule has 0 aliphatic heterocycles. The van der Waals surface area contributed by atoms with E-state index in [1.165, 1.54) is 17.7 Å². The number of amides is 1. The fourth-order valence-corrected chi connectivity index (χ4v) is 7.58. The Bertz CT molecular complexity index is 1480. The quantitative estimate of drug-likeness (QED) is 0.164. The van der Waals surface area contributed by atoms with Crippen LogP contribution in [0.25, 0.3) is 22.6 Å². The molecule has 2 aliphatic carbocycles. The summed E-state index contributed by atoms with van der Waals surface area (Å²) in [6.45, 7) is 22.8. The molecular weight excluding hydrogens is 559 g/mol. The van der Waals surface area contributed by atoms with E-state index in [1.807, 2.05) is 13.1 Å². The van der Waals surface area contributed by atoms with Crippen molar-refractivity contribution in [2.45, 2.75) is 105 Å². The minimum absolute atomic E-state index is 0.00112. The third kappa shape index (κ3) is 6.61. The van der Waals surface area contributed by atoms with Crippen molar-refractivity contribution < 1.29 is 14.3 Å². The molecule has 1 fully saturated rings. The molecule has 0 radical (unpaired) electrons. The molecule has 10 heteroatoms. The molecule has 0 N–H and O–H groups in total. The summed E-state index contributed by atoms with van der Waals surface area (Å²) in [4.78, 5) is 19.1. The summed E-state index contributed by atoms with van der Waals surface area (Å²) in [6, 6.07) is 6.43. The summed E-state index contributed by atoms with van der Waals surface area (Å²) in [5.41, 5.74) is 7.74. The van der Waals surface area contributed by atoms with Gasteiger partial charge in [-0.15, -0.1) is 0 Å². The highest BCUT2D eigenvalue weighted by molar-refractivity contribution is 6.76. The van der Waals surface area contributed by atoms with Gasteiger partial charge in [0, 0.05) is 60.3 Å². The van der Waals surface area contributed by atoms with Crippen LogP contribution in [0.2, 0.25) is 51.4 Å². The lowest BCUT2D eigenvalue weighted by atomic mass is 9.87. The van der Waals surface area contributed by atoms with E-state index in [4.69, 9.17) is 19.6 Å². The first kappa shape index (κ1) is 31.2. The highest BCUT2D eigenvalue weighted by Crippen LogP contribution is 2.60. The first-order chi connectivity index (χ1) is 19.6. The molecule has 2 aromatic heterocycles. The van der Waals surface area contributed by atoms with Crippen LogP contribution in [0.15, 0.2) is 12.1 Å². The van der Waals surface area contributed by atoms with Crippen LogP contribution in [0.1, 0.15) is 37.1 Å². The van der Waals surface area contributed by atoms with Crippen molar-refractivity contribution in [3.8, 4) is 11.5 Å². The number of rotatable bonds is 12. The molecule has 42 heavy (non-hydrogen) atoms. The van der Waals surface area contributed by atoms with Crippen LogP contribution >= 0.6 is 0 Å². The van der Waals surface area contributed by atoms with Crippen molar-refractivity contribution in [1.29, 1.82) is 0 Å². The normalized spacial score (nSPS) is 20.1. The molecule has 8 nitrogen and oxygen atoms in total. The van der Waals surface area contributed by atoms with Crippen LogP contribution < -0.4 is 4.90 Å². The van der Waals surface area contributed by atoms with Gasteiger partial charge < -0.3 is 14.4 Å². The molecule has 5 rings (SSSR count). The van der Waals surface area contributed by atoms with Crippen molar-refractivity contribution in [3.05, 3.63) is 29.0 Å². The van der Waals surface area contributed by atoms with Gasteiger partial charge in [-0.2, -0.15) is 5.10 Å². The van der Waals surface area contributed by atoms with E-state index < -0.39 is 16.1 Å². The largest absolute Gasteiger partial charge is 0.361 e. The summed E-state index contributed by atoms with van der Waals surface area (Å²) in [5, 5.41) is 5.22. The second-order valence-electron chi connectivity index (χ2n) is 15.5. The molecule has 0 bridgehead atoms. The average molecular weight is 610 g/mol. The second-order valence-corrected chi connectivity index (χ2v) is 26.7. The topological polar surface area (TPSA) is 74.4 Å². The number of aromatic nitrogens is 4. The number of anilines is 1. The molecule has 1 aromatic carbocycles. The van der Waals surface area contributed by atoms with Gasteiger partial charge in [0.05, 0.1) is 11.0 Å². The zero-order valence-corrected chi connectivity index (χ0v) is 29.6. The summed E-state index contributed by atoms with van der Waals surface area (Å²) >= 11 is 0. The molecule has 2 heterocycles. The van der Waals surface area contributed by atoms with Gasteiger partial charge in [-0.1, -0.05) is 46.2 Å². The molecule has 0 spiro atoms. The number of benzene rings is 1. The van der Waals surface area contributed by atoms with Crippen LogP contribution in [0.3, 0.4) is 0 Å². The number of hydrogen-bond acceptors (Lipinski definition) is 5. The third-order valence-electron chi connectivity index (χ3n) is 9.26.